The Kier molecular flexibility index (Phi) is 5.33. The third-order valence-electron chi connectivity index (χ3n) is 6.63. The van der Waals surface area contributed by atoms with Crippen molar-refractivity contribution in [3.8, 4) is 0 Å². The number of thiazole rings is 1. The number of hydrogen-bond acceptors (Lipinski definition) is 6. The van der Waals surface area contributed by atoms with Gasteiger partial charge >= 0.3 is 10.5 Å². The lowest BCUT2D eigenvalue weighted by Gasteiger charge is -2.31. The molecule has 1 amide bonds. The Morgan fingerprint density at radius 1 is 1.06 bits per heavy atom. The minimum absolute atomic E-state index is 0.000447. The highest BCUT2D eigenvalue weighted by Gasteiger charge is 2.29. The molecule has 0 spiro atoms. The Morgan fingerprint density at radius 2 is 1.83 bits per heavy atom. The molecule has 0 aliphatic carbocycles. The molecule has 5 aromatic rings. The molecule has 2 aromatic carbocycles. The molecule has 1 fully saturated rings. The number of imidazole rings is 1. The number of carbonyl (C=O) groups is 1. The number of likely N-dealkylation sites (tertiary alicyclic amines) is 1. The second-order valence-electron chi connectivity index (χ2n) is 8.71. The zero-order valence-corrected chi connectivity index (χ0v) is 19.6. The summed E-state index contributed by atoms with van der Waals surface area (Å²) in [6.45, 7) is 1.43. The Hall–Kier alpha value is -3.98. The highest BCUT2D eigenvalue weighted by molar-refractivity contribution is 7.16. The quantitative estimate of drug-likeness (QED) is 0.360. The van der Waals surface area contributed by atoms with E-state index in [4.69, 9.17) is 4.42 Å². The molecule has 0 radical (unpaired) electrons. The first-order chi connectivity index (χ1) is 17.1. The number of benzene rings is 2. The molecule has 1 saturated heterocycles. The van der Waals surface area contributed by atoms with Crippen LogP contribution in [0, 0.1) is 0 Å². The zero-order chi connectivity index (χ0) is 23.9. The SMILES string of the molecule is O=C(c1cc2ccccc2oc1=O)N1CCC(c2nccn2Cn2c(=O)sc3ccccc32)CC1. The number of hydrogen-bond donors (Lipinski definition) is 0. The first-order valence-corrected chi connectivity index (χ1v) is 12.3. The summed E-state index contributed by atoms with van der Waals surface area (Å²) in [6, 6.07) is 16.6. The fraction of sp³-hybridized carbons (Fsp3) is 0.231. The maximum absolute atomic E-state index is 13.1. The van der Waals surface area contributed by atoms with Crippen LogP contribution in [0.2, 0.25) is 0 Å². The molecule has 176 valence electrons. The molecule has 8 nitrogen and oxygen atoms in total. The van der Waals surface area contributed by atoms with Gasteiger partial charge in [0.2, 0.25) is 0 Å². The molecule has 35 heavy (non-hydrogen) atoms. The average Bonchev–Trinajstić information content (AvgIpc) is 3.47. The molecular weight excluding hydrogens is 464 g/mol. The normalized spacial score (nSPS) is 14.7. The molecular formula is C26H22N4O4S. The molecule has 4 heterocycles. The van der Waals surface area contributed by atoms with Gasteiger partial charge in [-0.15, -0.1) is 0 Å². The second-order valence-corrected chi connectivity index (χ2v) is 9.71. The minimum Gasteiger partial charge on any atom is -0.422 e. The van der Waals surface area contributed by atoms with Crippen molar-refractivity contribution < 1.29 is 9.21 Å². The fourth-order valence-electron chi connectivity index (χ4n) is 4.82. The summed E-state index contributed by atoms with van der Waals surface area (Å²) < 4.78 is 10.1. The van der Waals surface area contributed by atoms with Crippen molar-refractivity contribution in [2.45, 2.75) is 25.4 Å². The van der Waals surface area contributed by atoms with Crippen molar-refractivity contribution in [2.75, 3.05) is 13.1 Å². The molecule has 9 heteroatoms. The van der Waals surface area contributed by atoms with Gasteiger partial charge in [-0.3, -0.25) is 14.2 Å². The molecule has 6 rings (SSSR count). The topological polar surface area (TPSA) is 90.3 Å². The van der Waals surface area contributed by atoms with Gasteiger partial charge in [0.05, 0.1) is 10.2 Å². The molecule has 0 unspecified atom stereocenters. The Labute approximate surface area is 203 Å². The highest BCUT2D eigenvalue weighted by Crippen LogP contribution is 2.28. The summed E-state index contributed by atoms with van der Waals surface area (Å²) in [5, 5.41) is 0.726. The number of para-hydroxylation sites is 2. The van der Waals surface area contributed by atoms with Crippen molar-refractivity contribution in [3.05, 3.63) is 98.5 Å². The number of carbonyl (C=O) groups excluding carboxylic acids is 1. The predicted molar refractivity (Wildman–Crippen MR) is 134 cm³/mol. The van der Waals surface area contributed by atoms with Gasteiger partial charge in [0.1, 0.15) is 23.6 Å². The fourth-order valence-corrected chi connectivity index (χ4v) is 5.71. The van der Waals surface area contributed by atoms with E-state index in [0.717, 1.165) is 34.3 Å². The van der Waals surface area contributed by atoms with Gasteiger partial charge in [-0.1, -0.05) is 41.7 Å². The lowest BCUT2D eigenvalue weighted by atomic mass is 9.95. The summed E-state index contributed by atoms with van der Waals surface area (Å²) in [5.41, 5.74) is 0.834. The first kappa shape index (κ1) is 21.5. The standard InChI is InChI=1S/C26H22N4O4S/c31-24(19-15-18-5-1-3-7-21(18)34-25(19)32)28-12-9-17(10-13-28)23-27-11-14-29(23)16-30-20-6-2-4-8-22(20)35-26(30)33/h1-8,11,14-15,17H,9-10,12-13,16H2. The van der Waals surface area contributed by atoms with Crippen LogP contribution in [0.5, 0.6) is 0 Å². The van der Waals surface area contributed by atoms with Crippen LogP contribution in [-0.2, 0) is 6.67 Å². The van der Waals surface area contributed by atoms with E-state index in [2.05, 4.69) is 4.98 Å². The van der Waals surface area contributed by atoms with E-state index in [1.807, 2.05) is 47.2 Å². The molecule has 0 N–H and O–H groups in total. The maximum atomic E-state index is 13.1. The van der Waals surface area contributed by atoms with Crippen LogP contribution in [0.4, 0.5) is 0 Å². The van der Waals surface area contributed by atoms with Crippen LogP contribution in [0.3, 0.4) is 0 Å². The molecule has 0 bridgehead atoms. The van der Waals surface area contributed by atoms with Gasteiger partial charge in [0, 0.05) is 36.8 Å². The van der Waals surface area contributed by atoms with Gasteiger partial charge < -0.3 is 13.9 Å². The lowest BCUT2D eigenvalue weighted by Crippen LogP contribution is -2.40. The van der Waals surface area contributed by atoms with E-state index in [9.17, 15) is 14.4 Å². The summed E-state index contributed by atoms with van der Waals surface area (Å²) in [6.07, 6.45) is 5.10. The van der Waals surface area contributed by atoms with Gasteiger partial charge in [-0.25, -0.2) is 9.78 Å². The van der Waals surface area contributed by atoms with Gasteiger partial charge in [-0.2, -0.15) is 0 Å². The minimum atomic E-state index is -0.611. The van der Waals surface area contributed by atoms with Crippen LogP contribution in [0.25, 0.3) is 21.2 Å². The lowest BCUT2D eigenvalue weighted by molar-refractivity contribution is 0.0706. The number of piperidine rings is 1. The van der Waals surface area contributed by atoms with Crippen molar-refractivity contribution in [2.24, 2.45) is 0 Å². The summed E-state index contributed by atoms with van der Waals surface area (Å²) >= 11 is 1.24. The summed E-state index contributed by atoms with van der Waals surface area (Å²) in [5.74, 6) is 0.759. The molecule has 0 atom stereocenters. The van der Waals surface area contributed by atoms with E-state index < -0.39 is 5.63 Å². The molecule has 0 saturated carbocycles. The third-order valence-corrected chi connectivity index (χ3v) is 7.59. The molecule has 3 aromatic heterocycles. The number of aromatic nitrogens is 3. The Morgan fingerprint density at radius 3 is 2.69 bits per heavy atom. The zero-order valence-electron chi connectivity index (χ0n) is 18.8. The Bertz CT molecular complexity index is 1670. The average molecular weight is 487 g/mol. The van der Waals surface area contributed by atoms with Crippen molar-refractivity contribution in [1.29, 1.82) is 0 Å². The van der Waals surface area contributed by atoms with Crippen molar-refractivity contribution in [3.63, 3.8) is 0 Å². The van der Waals surface area contributed by atoms with E-state index in [1.54, 1.807) is 33.9 Å². The monoisotopic (exact) mass is 486 g/mol. The van der Waals surface area contributed by atoms with Crippen LogP contribution < -0.4 is 10.5 Å². The second kappa shape index (κ2) is 8.66. The van der Waals surface area contributed by atoms with E-state index >= 15 is 0 Å². The van der Waals surface area contributed by atoms with Crippen LogP contribution in [0.15, 0.2) is 81.0 Å². The Balaban J connectivity index is 1.19. The van der Waals surface area contributed by atoms with Gasteiger partial charge in [0.25, 0.3) is 5.91 Å². The largest absolute Gasteiger partial charge is 0.422 e. The first-order valence-electron chi connectivity index (χ1n) is 11.5. The number of rotatable bonds is 4. The van der Waals surface area contributed by atoms with Crippen molar-refractivity contribution >= 4 is 38.4 Å². The van der Waals surface area contributed by atoms with E-state index in [0.29, 0.717) is 25.3 Å². The van der Waals surface area contributed by atoms with E-state index in [1.165, 1.54) is 11.3 Å². The smallest absolute Gasteiger partial charge is 0.349 e. The third kappa shape index (κ3) is 3.87. The molecule has 1 aliphatic heterocycles. The van der Waals surface area contributed by atoms with Crippen molar-refractivity contribution in [1.82, 2.24) is 19.0 Å². The molecule has 1 aliphatic rings. The van der Waals surface area contributed by atoms with Crippen LogP contribution in [0.1, 0.15) is 34.9 Å². The van der Waals surface area contributed by atoms with Gasteiger partial charge in [0.15, 0.2) is 0 Å². The van der Waals surface area contributed by atoms with Crippen LogP contribution >= 0.6 is 11.3 Å². The van der Waals surface area contributed by atoms with Crippen LogP contribution in [-0.4, -0.2) is 38.0 Å². The number of amides is 1. The van der Waals surface area contributed by atoms with Gasteiger partial charge in [-0.05, 0) is 37.1 Å². The number of fused-ring (bicyclic) bond motifs is 2. The van der Waals surface area contributed by atoms with E-state index in [-0.39, 0.29) is 22.3 Å². The summed E-state index contributed by atoms with van der Waals surface area (Å²) in [4.78, 5) is 44.4. The predicted octanol–water partition coefficient (Wildman–Crippen LogP) is 3.89. The highest BCUT2D eigenvalue weighted by atomic mass is 32.1. The number of nitrogens with zero attached hydrogens (tertiary/aromatic N) is 4. The maximum Gasteiger partial charge on any atom is 0.349 e. The summed E-state index contributed by atoms with van der Waals surface area (Å²) in [7, 11) is 0.